The lowest BCUT2D eigenvalue weighted by molar-refractivity contribution is -0.133. The van der Waals surface area contributed by atoms with Gasteiger partial charge in [0.1, 0.15) is 0 Å². The average Bonchev–Trinajstić information content (AvgIpc) is 3.05. The minimum absolute atomic E-state index is 0.228. The van der Waals surface area contributed by atoms with Crippen LogP contribution < -0.4 is 4.90 Å². The monoisotopic (exact) mass is 332 g/mol. The summed E-state index contributed by atoms with van der Waals surface area (Å²) >= 11 is 1.59. The third-order valence-corrected chi connectivity index (χ3v) is 4.08. The van der Waals surface area contributed by atoms with Crippen LogP contribution in [0, 0.1) is 0 Å². The van der Waals surface area contributed by atoms with Crippen molar-refractivity contribution in [1.82, 2.24) is 4.90 Å². The van der Waals surface area contributed by atoms with E-state index in [9.17, 15) is 9.59 Å². The van der Waals surface area contributed by atoms with Gasteiger partial charge in [0, 0.05) is 33.4 Å². The Balaban J connectivity index is 1.88. The van der Waals surface area contributed by atoms with Crippen molar-refractivity contribution >= 4 is 28.9 Å². The molecule has 0 unspecified atom stereocenters. The van der Waals surface area contributed by atoms with Crippen LogP contribution in [0.2, 0.25) is 0 Å². The quantitative estimate of drug-likeness (QED) is 0.763. The van der Waals surface area contributed by atoms with Gasteiger partial charge in [-0.05, 0) is 40.6 Å². The van der Waals surface area contributed by atoms with Gasteiger partial charge in [0.25, 0.3) is 5.91 Å². The van der Waals surface area contributed by atoms with Crippen molar-refractivity contribution in [3.63, 3.8) is 0 Å². The molecule has 0 N–H and O–H groups in total. The molecule has 1 aromatic heterocycles. The maximum absolute atomic E-state index is 12.1. The summed E-state index contributed by atoms with van der Waals surface area (Å²) in [5.41, 5.74) is 2.40. The van der Waals surface area contributed by atoms with Crippen molar-refractivity contribution in [2.75, 3.05) is 32.6 Å². The van der Waals surface area contributed by atoms with E-state index in [4.69, 9.17) is 4.74 Å². The molecule has 0 aliphatic carbocycles. The van der Waals surface area contributed by atoms with E-state index < -0.39 is 5.97 Å². The predicted molar refractivity (Wildman–Crippen MR) is 91.8 cm³/mol. The number of likely N-dealkylation sites (N-methyl/N-ethyl adjacent to an activating group) is 1. The highest BCUT2D eigenvalue weighted by Crippen LogP contribution is 2.14. The Kier molecular flexibility index (Phi) is 5.76. The number of nitrogens with zero attached hydrogens (tertiary/aromatic N) is 2. The van der Waals surface area contributed by atoms with E-state index >= 15 is 0 Å². The molecule has 0 radical (unpaired) electrons. The Labute approximate surface area is 140 Å². The van der Waals surface area contributed by atoms with E-state index in [1.54, 1.807) is 41.5 Å². The largest absolute Gasteiger partial charge is 0.452 e. The molecular weight excluding hydrogens is 312 g/mol. The minimum Gasteiger partial charge on any atom is -0.452 e. The highest BCUT2D eigenvalue weighted by Gasteiger charge is 2.14. The number of hydrogen-bond acceptors (Lipinski definition) is 5. The Bertz CT molecular complexity index is 668. The molecule has 1 aromatic carbocycles. The van der Waals surface area contributed by atoms with Gasteiger partial charge >= 0.3 is 5.97 Å². The van der Waals surface area contributed by atoms with Crippen LogP contribution in [-0.2, 0) is 16.1 Å². The molecule has 0 atom stereocenters. The lowest BCUT2D eigenvalue weighted by atomic mass is 10.2. The van der Waals surface area contributed by atoms with Crippen molar-refractivity contribution < 1.29 is 14.3 Å². The van der Waals surface area contributed by atoms with Crippen molar-refractivity contribution in [3.05, 3.63) is 52.2 Å². The first-order valence-corrected chi connectivity index (χ1v) is 8.11. The molecule has 1 amide bonds. The third kappa shape index (κ3) is 4.82. The molecule has 0 saturated heterocycles. The first-order valence-electron chi connectivity index (χ1n) is 7.17. The maximum atomic E-state index is 12.1. The van der Waals surface area contributed by atoms with Crippen LogP contribution in [0.1, 0.15) is 15.9 Å². The fourth-order valence-corrected chi connectivity index (χ4v) is 2.64. The van der Waals surface area contributed by atoms with Crippen molar-refractivity contribution in [3.8, 4) is 0 Å². The standard InChI is InChI=1S/C17H20N2O3S/c1-18(2)15-6-4-5-14(9-15)17(21)22-11-16(20)19(3)10-13-7-8-23-12-13/h4-9,12H,10-11H2,1-3H3. The fraction of sp³-hybridized carbons (Fsp3) is 0.294. The van der Waals surface area contributed by atoms with Gasteiger partial charge in [-0.25, -0.2) is 4.79 Å². The molecular formula is C17H20N2O3S. The van der Waals surface area contributed by atoms with Gasteiger partial charge in [-0.3, -0.25) is 4.79 Å². The van der Waals surface area contributed by atoms with E-state index in [0.29, 0.717) is 12.1 Å². The number of thiophene rings is 1. The van der Waals surface area contributed by atoms with Crippen molar-refractivity contribution in [2.24, 2.45) is 0 Å². The van der Waals surface area contributed by atoms with Gasteiger partial charge in [0.15, 0.2) is 6.61 Å². The van der Waals surface area contributed by atoms with Crippen LogP contribution in [0.25, 0.3) is 0 Å². The summed E-state index contributed by atoms with van der Waals surface area (Å²) in [7, 11) is 5.49. The molecule has 0 fully saturated rings. The summed E-state index contributed by atoms with van der Waals surface area (Å²) in [5, 5.41) is 3.95. The lowest BCUT2D eigenvalue weighted by Crippen LogP contribution is -2.30. The number of amides is 1. The number of benzene rings is 1. The van der Waals surface area contributed by atoms with Crippen molar-refractivity contribution in [2.45, 2.75) is 6.54 Å². The number of carbonyl (C=O) groups excluding carboxylic acids is 2. The second kappa shape index (κ2) is 7.78. The molecule has 0 spiro atoms. The van der Waals surface area contributed by atoms with Gasteiger partial charge < -0.3 is 14.5 Å². The number of ether oxygens (including phenoxy) is 1. The molecule has 122 valence electrons. The van der Waals surface area contributed by atoms with Crippen LogP contribution in [-0.4, -0.2) is 44.5 Å². The summed E-state index contributed by atoms with van der Waals surface area (Å²) in [5.74, 6) is -0.723. The van der Waals surface area contributed by atoms with Crippen molar-refractivity contribution in [1.29, 1.82) is 0 Å². The minimum atomic E-state index is -0.494. The maximum Gasteiger partial charge on any atom is 0.338 e. The van der Waals surface area contributed by atoms with E-state index in [2.05, 4.69) is 0 Å². The number of esters is 1. The smallest absolute Gasteiger partial charge is 0.338 e. The summed E-state index contributed by atoms with van der Waals surface area (Å²) in [4.78, 5) is 27.5. The number of rotatable bonds is 6. The van der Waals surface area contributed by atoms with E-state index in [0.717, 1.165) is 11.3 Å². The first kappa shape index (κ1) is 17.0. The van der Waals surface area contributed by atoms with Gasteiger partial charge in [0.2, 0.25) is 0 Å². The zero-order valence-corrected chi connectivity index (χ0v) is 14.3. The van der Waals surface area contributed by atoms with Gasteiger partial charge in [-0.2, -0.15) is 11.3 Å². The van der Waals surface area contributed by atoms with Gasteiger partial charge in [-0.1, -0.05) is 6.07 Å². The predicted octanol–water partition coefficient (Wildman–Crippen LogP) is 2.63. The topological polar surface area (TPSA) is 49.9 Å². The Hall–Kier alpha value is -2.34. The van der Waals surface area contributed by atoms with Crippen LogP contribution >= 0.6 is 11.3 Å². The molecule has 2 aromatic rings. The van der Waals surface area contributed by atoms with Crippen LogP contribution in [0.5, 0.6) is 0 Å². The average molecular weight is 332 g/mol. The molecule has 0 aliphatic heterocycles. The first-order chi connectivity index (χ1) is 11.0. The molecule has 6 heteroatoms. The van der Waals surface area contributed by atoms with E-state index in [1.165, 1.54) is 0 Å². The SMILES string of the molecule is CN(Cc1ccsc1)C(=O)COC(=O)c1cccc(N(C)C)c1. The summed E-state index contributed by atoms with van der Waals surface area (Å²) in [6, 6.07) is 9.07. The van der Waals surface area contributed by atoms with Crippen LogP contribution in [0.3, 0.4) is 0 Å². The molecule has 5 nitrogen and oxygen atoms in total. The summed E-state index contributed by atoms with van der Waals surface area (Å²) in [6.45, 7) is 0.252. The second-order valence-corrected chi connectivity index (χ2v) is 6.18. The van der Waals surface area contributed by atoms with Gasteiger partial charge in [0.05, 0.1) is 5.56 Å². The van der Waals surface area contributed by atoms with Gasteiger partial charge in [-0.15, -0.1) is 0 Å². The van der Waals surface area contributed by atoms with E-state index in [-0.39, 0.29) is 12.5 Å². The second-order valence-electron chi connectivity index (χ2n) is 5.40. The number of anilines is 1. The fourth-order valence-electron chi connectivity index (χ4n) is 1.98. The third-order valence-electron chi connectivity index (χ3n) is 3.35. The summed E-state index contributed by atoms with van der Waals surface area (Å²) in [6.07, 6.45) is 0. The highest BCUT2D eigenvalue weighted by molar-refractivity contribution is 7.07. The Morgan fingerprint density at radius 1 is 1.17 bits per heavy atom. The molecule has 2 rings (SSSR count). The Morgan fingerprint density at radius 3 is 2.61 bits per heavy atom. The normalized spacial score (nSPS) is 10.2. The van der Waals surface area contributed by atoms with E-state index in [1.807, 2.05) is 41.9 Å². The number of carbonyl (C=O) groups is 2. The zero-order valence-electron chi connectivity index (χ0n) is 13.5. The highest BCUT2D eigenvalue weighted by atomic mass is 32.1. The number of hydrogen-bond donors (Lipinski definition) is 0. The Morgan fingerprint density at radius 2 is 1.96 bits per heavy atom. The molecule has 0 saturated carbocycles. The molecule has 23 heavy (non-hydrogen) atoms. The van der Waals surface area contributed by atoms with Crippen LogP contribution in [0.15, 0.2) is 41.1 Å². The zero-order chi connectivity index (χ0) is 16.8. The molecule has 0 aliphatic rings. The molecule has 0 bridgehead atoms. The molecule has 1 heterocycles. The summed E-state index contributed by atoms with van der Waals surface area (Å²) < 4.78 is 5.12. The van der Waals surface area contributed by atoms with Crippen LogP contribution in [0.4, 0.5) is 5.69 Å². The lowest BCUT2D eigenvalue weighted by Gasteiger charge is -2.17.